The van der Waals surface area contributed by atoms with Gasteiger partial charge in [0.05, 0.1) is 29.1 Å². The largest absolute Gasteiger partial charge is 0.507 e. The Labute approximate surface area is 180 Å². The number of piperazine rings is 1. The highest BCUT2D eigenvalue weighted by Crippen LogP contribution is 2.45. The third kappa shape index (κ3) is 2.89. The SMILES string of the molecule is C[C@@H]1CN2c3c(cnc4c(F)c(-c5c(O)cccc5F)c(F)cc34)OC[C@H]2CN1C(=O)O. The van der Waals surface area contributed by atoms with Crippen LogP contribution in [0.15, 0.2) is 30.5 Å². The van der Waals surface area contributed by atoms with E-state index in [-0.39, 0.29) is 36.1 Å². The van der Waals surface area contributed by atoms with Crippen molar-refractivity contribution in [3.63, 3.8) is 0 Å². The van der Waals surface area contributed by atoms with Crippen molar-refractivity contribution >= 4 is 22.7 Å². The average Bonchev–Trinajstić information content (AvgIpc) is 2.74. The number of amides is 1. The summed E-state index contributed by atoms with van der Waals surface area (Å²) in [6.45, 7) is 2.42. The Morgan fingerprint density at radius 2 is 1.97 bits per heavy atom. The van der Waals surface area contributed by atoms with Gasteiger partial charge in [0.1, 0.15) is 29.5 Å². The number of carbonyl (C=O) groups is 1. The fourth-order valence-electron chi connectivity index (χ4n) is 4.53. The predicted molar refractivity (Wildman–Crippen MR) is 110 cm³/mol. The highest BCUT2D eigenvalue weighted by molar-refractivity contribution is 5.98. The summed E-state index contributed by atoms with van der Waals surface area (Å²) in [5.41, 5.74) is -1.09. The molecule has 2 aliphatic rings. The molecule has 3 aromatic rings. The van der Waals surface area contributed by atoms with E-state index in [1.165, 1.54) is 17.2 Å². The molecule has 1 saturated heterocycles. The molecule has 166 valence electrons. The summed E-state index contributed by atoms with van der Waals surface area (Å²) < 4.78 is 50.7. The molecule has 7 nitrogen and oxygen atoms in total. The highest BCUT2D eigenvalue weighted by atomic mass is 19.1. The molecule has 5 rings (SSSR count). The number of anilines is 1. The van der Waals surface area contributed by atoms with Crippen LogP contribution >= 0.6 is 0 Å². The number of aromatic hydroxyl groups is 1. The Bertz CT molecular complexity index is 1250. The number of benzene rings is 2. The van der Waals surface area contributed by atoms with Crippen LogP contribution in [0, 0.1) is 17.5 Å². The van der Waals surface area contributed by atoms with Gasteiger partial charge < -0.3 is 24.7 Å². The van der Waals surface area contributed by atoms with Crippen molar-refractivity contribution in [2.75, 3.05) is 24.6 Å². The smallest absolute Gasteiger partial charge is 0.407 e. The molecule has 0 saturated carbocycles. The van der Waals surface area contributed by atoms with E-state index in [1.54, 1.807) is 6.92 Å². The summed E-state index contributed by atoms with van der Waals surface area (Å²) in [6, 6.07) is 3.72. The fourth-order valence-corrected chi connectivity index (χ4v) is 4.53. The maximum atomic E-state index is 15.5. The van der Waals surface area contributed by atoms with Gasteiger partial charge in [-0.05, 0) is 25.1 Å². The minimum Gasteiger partial charge on any atom is -0.507 e. The van der Waals surface area contributed by atoms with Crippen molar-refractivity contribution in [3.8, 4) is 22.6 Å². The lowest BCUT2D eigenvalue weighted by molar-refractivity contribution is 0.100. The molecule has 3 heterocycles. The zero-order valence-corrected chi connectivity index (χ0v) is 16.8. The third-order valence-corrected chi connectivity index (χ3v) is 6.04. The van der Waals surface area contributed by atoms with Crippen molar-refractivity contribution in [1.82, 2.24) is 9.88 Å². The molecule has 0 aliphatic carbocycles. The molecule has 1 amide bonds. The summed E-state index contributed by atoms with van der Waals surface area (Å²) in [5.74, 6) is -3.42. The lowest BCUT2D eigenvalue weighted by Crippen LogP contribution is -2.61. The van der Waals surface area contributed by atoms with Gasteiger partial charge in [-0.15, -0.1) is 0 Å². The van der Waals surface area contributed by atoms with Gasteiger partial charge in [-0.1, -0.05) is 6.07 Å². The first-order chi connectivity index (χ1) is 15.3. The average molecular weight is 445 g/mol. The molecule has 0 unspecified atom stereocenters. The number of aromatic nitrogens is 1. The number of phenolic OH excluding ortho intramolecular Hbond substituents is 1. The van der Waals surface area contributed by atoms with E-state index >= 15 is 8.78 Å². The Kier molecular flexibility index (Phi) is 4.54. The van der Waals surface area contributed by atoms with E-state index in [1.807, 2.05) is 4.90 Å². The Hall–Kier alpha value is -3.69. The molecule has 0 bridgehead atoms. The lowest BCUT2D eigenvalue weighted by atomic mass is 9.98. The monoisotopic (exact) mass is 445 g/mol. The minimum absolute atomic E-state index is 0.123. The van der Waals surface area contributed by atoms with Gasteiger partial charge in [0.25, 0.3) is 0 Å². The Morgan fingerprint density at radius 3 is 2.69 bits per heavy atom. The molecular formula is C22H18F3N3O4. The molecule has 1 fully saturated rings. The number of carboxylic acid groups (broad SMARTS) is 1. The van der Waals surface area contributed by atoms with Gasteiger partial charge in [-0.25, -0.2) is 22.9 Å². The molecule has 2 atom stereocenters. The second kappa shape index (κ2) is 7.18. The molecular weight excluding hydrogens is 427 g/mol. The van der Waals surface area contributed by atoms with E-state index < -0.39 is 40.4 Å². The second-order valence-corrected chi connectivity index (χ2v) is 7.95. The lowest BCUT2D eigenvalue weighted by Gasteiger charge is -2.47. The van der Waals surface area contributed by atoms with Gasteiger partial charge in [-0.2, -0.15) is 0 Å². The van der Waals surface area contributed by atoms with Crippen LogP contribution in [0.2, 0.25) is 0 Å². The van der Waals surface area contributed by atoms with Crippen LogP contribution in [0.25, 0.3) is 22.0 Å². The summed E-state index contributed by atoms with van der Waals surface area (Å²) in [7, 11) is 0. The number of hydrogen-bond donors (Lipinski definition) is 2. The van der Waals surface area contributed by atoms with Gasteiger partial charge in [0.2, 0.25) is 0 Å². The molecule has 2 N–H and O–H groups in total. The number of pyridine rings is 1. The van der Waals surface area contributed by atoms with Crippen molar-refractivity contribution in [1.29, 1.82) is 0 Å². The van der Waals surface area contributed by atoms with Crippen LogP contribution in [0.4, 0.5) is 23.7 Å². The first-order valence-corrected chi connectivity index (χ1v) is 9.95. The number of fused-ring (bicyclic) bond motifs is 5. The highest BCUT2D eigenvalue weighted by Gasteiger charge is 2.39. The number of hydrogen-bond acceptors (Lipinski definition) is 5. The van der Waals surface area contributed by atoms with Gasteiger partial charge >= 0.3 is 6.09 Å². The van der Waals surface area contributed by atoms with Gasteiger partial charge in [0, 0.05) is 24.5 Å². The van der Waals surface area contributed by atoms with Crippen LogP contribution in [0.3, 0.4) is 0 Å². The zero-order chi connectivity index (χ0) is 22.7. The second-order valence-electron chi connectivity index (χ2n) is 7.95. The molecule has 10 heteroatoms. The zero-order valence-electron chi connectivity index (χ0n) is 16.8. The summed E-state index contributed by atoms with van der Waals surface area (Å²) in [4.78, 5) is 18.8. The quantitative estimate of drug-likeness (QED) is 0.590. The maximum absolute atomic E-state index is 15.5. The van der Waals surface area contributed by atoms with Crippen LogP contribution in [0.1, 0.15) is 6.92 Å². The number of halogens is 3. The normalized spacial score (nSPS) is 20.0. The predicted octanol–water partition coefficient (Wildman–Crippen LogP) is 3.97. The topological polar surface area (TPSA) is 86.1 Å². The summed E-state index contributed by atoms with van der Waals surface area (Å²) in [5, 5.41) is 19.6. The Morgan fingerprint density at radius 1 is 1.19 bits per heavy atom. The number of ether oxygens (including phenoxy) is 1. The van der Waals surface area contributed by atoms with Crippen molar-refractivity contribution in [3.05, 3.63) is 47.9 Å². The van der Waals surface area contributed by atoms with Crippen LogP contribution < -0.4 is 9.64 Å². The molecule has 2 aliphatic heterocycles. The van der Waals surface area contributed by atoms with Gasteiger partial charge in [-0.3, -0.25) is 0 Å². The number of nitrogens with zero attached hydrogens (tertiary/aromatic N) is 3. The summed E-state index contributed by atoms with van der Waals surface area (Å²) >= 11 is 0. The molecule has 2 aromatic carbocycles. The van der Waals surface area contributed by atoms with Crippen LogP contribution in [-0.4, -0.2) is 58.0 Å². The van der Waals surface area contributed by atoms with Crippen molar-refractivity contribution in [2.45, 2.75) is 19.0 Å². The molecule has 0 radical (unpaired) electrons. The van der Waals surface area contributed by atoms with Gasteiger partial charge in [0.15, 0.2) is 11.6 Å². The fraction of sp³-hybridized carbons (Fsp3) is 0.273. The van der Waals surface area contributed by atoms with E-state index in [0.717, 1.165) is 18.2 Å². The molecule has 32 heavy (non-hydrogen) atoms. The first kappa shape index (κ1) is 20.2. The number of phenols is 1. The first-order valence-electron chi connectivity index (χ1n) is 9.95. The minimum atomic E-state index is -1.11. The molecule has 0 spiro atoms. The van der Waals surface area contributed by atoms with Crippen LogP contribution in [-0.2, 0) is 0 Å². The standard InChI is InChI=1S/C22H18F3N3O4/c1-10-7-28-11(8-27(10)22(30)31)9-32-16-6-26-20-12(21(16)28)5-14(24)18(19(20)25)17-13(23)3-2-4-15(17)29/h2-6,10-11,29H,7-9H2,1H3,(H,30,31)/t10-,11-/m1/s1. The maximum Gasteiger partial charge on any atom is 0.407 e. The van der Waals surface area contributed by atoms with Crippen molar-refractivity contribution in [2.24, 2.45) is 0 Å². The van der Waals surface area contributed by atoms with E-state index in [9.17, 15) is 19.4 Å². The third-order valence-electron chi connectivity index (χ3n) is 6.04. The van der Waals surface area contributed by atoms with Crippen LogP contribution in [0.5, 0.6) is 11.5 Å². The number of rotatable bonds is 1. The molecule has 1 aromatic heterocycles. The summed E-state index contributed by atoms with van der Waals surface area (Å²) in [6.07, 6.45) is 0.266. The Balaban J connectivity index is 1.70. The van der Waals surface area contributed by atoms with E-state index in [0.29, 0.717) is 18.0 Å². The van der Waals surface area contributed by atoms with E-state index in [4.69, 9.17) is 4.74 Å². The van der Waals surface area contributed by atoms with E-state index in [2.05, 4.69) is 4.98 Å². The van der Waals surface area contributed by atoms with Crippen molar-refractivity contribution < 1.29 is 32.9 Å².